The molecule has 21 heavy (non-hydrogen) atoms. The van der Waals surface area contributed by atoms with Gasteiger partial charge in [-0.2, -0.15) is 0 Å². The molecule has 0 bridgehead atoms. The van der Waals surface area contributed by atoms with E-state index in [0.29, 0.717) is 12.1 Å². The van der Waals surface area contributed by atoms with Gasteiger partial charge in [0, 0.05) is 18.5 Å². The summed E-state index contributed by atoms with van der Waals surface area (Å²) in [5.41, 5.74) is 1.35. The molecule has 1 nitrogen and oxygen atoms in total. The lowest BCUT2D eigenvalue weighted by atomic mass is 9.77. The van der Waals surface area contributed by atoms with Gasteiger partial charge in [0.15, 0.2) is 0 Å². The second-order valence-electron chi connectivity index (χ2n) is 5.43. The van der Waals surface area contributed by atoms with Crippen molar-refractivity contribution in [2.24, 2.45) is 0 Å². The highest BCUT2D eigenvalue weighted by molar-refractivity contribution is 5.31. The summed E-state index contributed by atoms with van der Waals surface area (Å²) < 4.78 is 40.6. The highest BCUT2D eigenvalue weighted by atomic mass is 19.1. The molecule has 1 heterocycles. The van der Waals surface area contributed by atoms with Crippen molar-refractivity contribution in [2.45, 2.75) is 18.3 Å². The number of nitrogens with one attached hydrogen (secondary N) is 1. The Morgan fingerprint density at radius 2 is 1.71 bits per heavy atom. The molecule has 0 saturated carbocycles. The Morgan fingerprint density at radius 1 is 0.905 bits per heavy atom. The first-order valence-electron chi connectivity index (χ1n) is 7.06. The first kappa shape index (κ1) is 14.1. The maximum atomic E-state index is 14.1. The molecule has 0 amide bonds. The molecular formula is C17H16F3N. The van der Waals surface area contributed by atoms with E-state index in [1.54, 1.807) is 6.07 Å². The standard InChI is InChI=1S/C17H16F3N/c18-12-3-1-2-11(8-12)16-10-21-7-6-14(16)15-5-4-13(19)9-17(15)20/h1-5,8-9,14,16,21H,6-7,10H2. The Labute approximate surface area is 121 Å². The molecule has 2 atom stereocenters. The van der Waals surface area contributed by atoms with E-state index in [0.717, 1.165) is 24.6 Å². The van der Waals surface area contributed by atoms with Crippen LogP contribution in [-0.2, 0) is 0 Å². The van der Waals surface area contributed by atoms with E-state index >= 15 is 0 Å². The number of benzene rings is 2. The second kappa shape index (κ2) is 5.90. The molecule has 0 radical (unpaired) electrons. The first-order chi connectivity index (χ1) is 10.1. The van der Waals surface area contributed by atoms with Crippen molar-refractivity contribution in [2.75, 3.05) is 13.1 Å². The van der Waals surface area contributed by atoms with Gasteiger partial charge in [-0.15, -0.1) is 0 Å². The lowest BCUT2D eigenvalue weighted by Crippen LogP contribution is -2.34. The normalized spacial score (nSPS) is 22.2. The molecule has 1 aliphatic heterocycles. The molecule has 4 heteroatoms. The molecule has 1 fully saturated rings. The van der Waals surface area contributed by atoms with Crippen LogP contribution in [0, 0.1) is 17.5 Å². The highest BCUT2D eigenvalue weighted by Crippen LogP contribution is 2.38. The SMILES string of the molecule is Fc1cccc(C2CNCCC2c2ccc(F)cc2F)c1. The average molecular weight is 291 g/mol. The summed E-state index contributed by atoms with van der Waals surface area (Å²) in [5, 5.41) is 3.26. The smallest absolute Gasteiger partial charge is 0.129 e. The van der Waals surface area contributed by atoms with Gasteiger partial charge in [0.25, 0.3) is 0 Å². The summed E-state index contributed by atoms with van der Waals surface area (Å²) in [6, 6.07) is 10.1. The quantitative estimate of drug-likeness (QED) is 0.883. The van der Waals surface area contributed by atoms with Crippen molar-refractivity contribution in [1.82, 2.24) is 5.32 Å². The summed E-state index contributed by atoms with van der Waals surface area (Å²) in [4.78, 5) is 0. The zero-order valence-electron chi connectivity index (χ0n) is 11.5. The van der Waals surface area contributed by atoms with Gasteiger partial charge < -0.3 is 5.32 Å². The summed E-state index contributed by atoms with van der Waals surface area (Å²) in [6.07, 6.45) is 0.740. The summed E-state index contributed by atoms with van der Waals surface area (Å²) in [7, 11) is 0. The Bertz CT molecular complexity index is 642. The van der Waals surface area contributed by atoms with Gasteiger partial charge in [-0.3, -0.25) is 0 Å². The molecule has 0 aromatic heterocycles. The number of halogens is 3. The lowest BCUT2D eigenvalue weighted by molar-refractivity contribution is 0.391. The summed E-state index contributed by atoms with van der Waals surface area (Å²) in [5.74, 6) is -1.49. The third-order valence-electron chi connectivity index (χ3n) is 4.12. The van der Waals surface area contributed by atoms with Crippen LogP contribution in [0.4, 0.5) is 13.2 Å². The van der Waals surface area contributed by atoms with Gasteiger partial charge in [-0.1, -0.05) is 18.2 Å². The fraction of sp³-hybridized carbons (Fsp3) is 0.294. The topological polar surface area (TPSA) is 12.0 Å². The van der Waals surface area contributed by atoms with Crippen LogP contribution in [-0.4, -0.2) is 13.1 Å². The van der Waals surface area contributed by atoms with Gasteiger partial charge in [0.1, 0.15) is 17.5 Å². The number of hydrogen-bond donors (Lipinski definition) is 1. The molecule has 2 aromatic rings. The summed E-state index contributed by atoms with van der Waals surface area (Å²) in [6.45, 7) is 1.43. The van der Waals surface area contributed by atoms with Crippen LogP contribution in [0.3, 0.4) is 0 Å². The van der Waals surface area contributed by atoms with Gasteiger partial charge in [-0.25, -0.2) is 13.2 Å². The van der Waals surface area contributed by atoms with Crippen LogP contribution in [0.25, 0.3) is 0 Å². The first-order valence-corrected chi connectivity index (χ1v) is 7.06. The van der Waals surface area contributed by atoms with Crippen LogP contribution >= 0.6 is 0 Å². The zero-order chi connectivity index (χ0) is 14.8. The number of piperidine rings is 1. The molecule has 0 aliphatic carbocycles. The van der Waals surface area contributed by atoms with E-state index in [4.69, 9.17) is 0 Å². The Hall–Kier alpha value is -1.81. The van der Waals surface area contributed by atoms with Crippen molar-refractivity contribution in [3.05, 3.63) is 71.0 Å². The third-order valence-corrected chi connectivity index (χ3v) is 4.12. The fourth-order valence-electron chi connectivity index (χ4n) is 3.12. The molecule has 1 N–H and O–H groups in total. The van der Waals surface area contributed by atoms with Crippen LogP contribution in [0.5, 0.6) is 0 Å². The molecule has 0 spiro atoms. The van der Waals surface area contributed by atoms with E-state index < -0.39 is 11.6 Å². The Kier molecular flexibility index (Phi) is 3.97. The van der Waals surface area contributed by atoms with Crippen molar-refractivity contribution in [3.63, 3.8) is 0 Å². The van der Waals surface area contributed by atoms with Crippen LogP contribution in [0.15, 0.2) is 42.5 Å². The monoisotopic (exact) mass is 291 g/mol. The molecule has 1 saturated heterocycles. The Morgan fingerprint density at radius 3 is 2.48 bits per heavy atom. The van der Waals surface area contributed by atoms with Gasteiger partial charge in [0.2, 0.25) is 0 Å². The van der Waals surface area contributed by atoms with Crippen LogP contribution in [0.2, 0.25) is 0 Å². The predicted molar refractivity (Wildman–Crippen MR) is 75.7 cm³/mol. The third kappa shape index (κ3) is 2.95. The molecule has 1 aliphatic rings. The van der Waals surface area contributed by atoms with E-state index in [1.165, 1.54) is 24.3 Å². The molecule has 110 valence electrons. The van der Waals surface area contributed by atoms with Crippen molar-refractivity contribution < 1.29 is 13.2 Å². The average Bonchev–Trinajstić information content (AvgIpc) is 2.47. The van der Waals surface area contributed by atoms with Crippen LogP contribution in [0.1, 0.15) is 29.4 Å². The Balaban J connectivity index is 1.98. The minimum absolute atomic E-state index is 0.0191. The molecule has 2 aromatic carbocycles. The van der Waals surface area contributed by atoms with Crippen molar-refractivity contribution >= 4 is 0 Å². The number of hydrogen-bond acceptors (Lipinski definition) is 1. The molecule has 2 unspecified atom stereocenters. The minimum atomic E-state index is -0.576. The summed E-state index contributed by atoms with van der Waals surface area (Å²) >= 11 is 0. The highest BCUT2D eigenvalue weighted by Gasteiger charge is 2.29. The van der Waals surface area contributed by atoms with E-state index in [2.05, 4.69) is 5.32 Å². The maximum absolute atomic E-state index is 14.1. The van der Waals surface area contributed by atoms with E-state index in [-0.39, 0.29) is 17.7 Å². The second-order valence-corrected chi connectivity index (χ2v) is 5.43. The zero-order valence-corrected chi connectivity index (χ0v) is 11.5. The van der Waals surface area contributed by atoms with E-state index in [9.17, 15) is 13.2 Å². The fourth-order valence-corrected chi connectivity index (χ4v) is 3.12. The van der Waals surface area contributed by atoms with Crippen LogP contribution < -0.4 is 5.32 Å². The van der Waals surface area contributed by atoms with Crippen molar-refractivity contribution in [3.8, 4) is 0 Å². The minimum Gasteiger partial charge on any atom is -0.316 e. The largest absolute Gasteiger partial charge is 0.316 e. The van der Waals surface area contributed by atoms with Gasteiger partial charge in [-0.05, 0) is 48.2 Å². The molecular weight excluding hydrogens is 275 g/mol. The predicted octanol–water partition coefficient (Wildman–Crippen LogP) is 3.96. The maximum Gasteiger partial charge on any atom is 0.129 e. The molecule has 3 rings (SSSR count). The number of rotatable bonds is 2. The van der Waals surface area contributed by atoms with E-state index in [1.807, 2.05) is 6.07 Å². The van der Waals surface area contributed by atoms with Gasteiger partial charge >= 0.3 is 0 Å². The lowest BCUT2D eigenvalue weighted by Gasteiger charge is -2.33. The van der Waals surface area contributed by atoms with Crippen molar-refractivity contribution in [1.29, 1.82) is 0 Å². The van der Waals surface area contributed by atoms with Gasteiger partial charge in [0.05, 0.1) is 0 Å².